The molecule has 0 saturated heterocycles. The average Bonchev–Trinajstić information content (AvgIpc) is 2.79. The van der Waals surface area contributed by atoms with Crippen LogP contribution >= 0.6 is 0 Å². The number of nitrogens with one attached hydrogen (secondary N) is 1. The van der Waals surface area contributed by atoms with Crippen molar-refractivity contribution < 1.29 is 9.52 Å². The smallest absolute Gasteiger partial charge is 0.198 e. The molecule has 0 bridgehead atoms. The average molecular weight is 246 g/mol. The summed E-state index contributed by atoms with van der Waals surface area (Å²) < 4.78 is 5.65. The zero-order chi connectivity index (χ0) is 13.0. The van der Waals surface area contributed by atoms with E-state index in [1.807, 2.05) is 19.2 Å². The molecule has 0 spiro atoms. The van der Waals surface area contributed by atoms with E-state index in [-0.39, 0.29) is 5.75 Å². The lowest BCUT2D eigenvalue weighted by Gasteiger charge is -2.06. The highest BCUT2D eigenvalue weighted by Crippen LogP contribution is 2.19. The fourth-order valence-electron chi connectivity index (χ4n) is 1.75. The Kier molecular flexibility index (Phi) is 3.99. The highest BCUT2D eigenvalue weighted by molar-refractivity contribution is 5.33. The number of phenolic OH excluding ortho intramolecular Hbond substituents is 1. The summed E-state index contributed by atoms with van der Waals surface area (Å²) in [6, 6.07) is 7.59. The SMILES string of the molecule is CNC(C)Cc1cnc(Cc2ccccc2O)o1. The molecule has 0 radical (unpaired) electrons. The van der Waals surface area contributed by atoms with Crippen LogP contribution in [0.1, 0.15) is 24.1 Å². The quantitative estimate of drug-likeness (QED) is 0.848. The van der Waals surface area contributed by atoms with Crippen molar-refractivity contribution in [2.45, 2.75) is 25.8 Å². The van der Waals surface area contributed by atoms with Crippen LogP contribution in [-0.2, 0) is 12.8 Å². The highest BCUT2D eigenvalue weighted by Gasteiger charge is 2.09. The van der Waals surface area contributed by atoms with Crippen LogP contribution in [0.3, 0.4) is 0 Å². The van der Waals surface area contributed by atoms with Crippen molar-refractivity contribution >= 4 is 0 Å². The van der Waals surface area contributed by atoms with Crippen LogP contribution in [0.15, 0.2) is 34.9 Å². The van der Waals surface area contributed by atoms with Gasteiger partial charge >= 0.3 is 0 Å². The molecule has 1 aromatic heterocycles. The number of benzene rings is 1. The Morgan fingerprint density at radius 3 is 2.89 bits per heavy atom. The minimum atomic E-state index is 0.279. The van der Waals surface area contributed by atoms with Gasteiger partial charge in [-0.25, -0.2) is 4.98 Å². The molecule has 1 aromatic carbocycles. The van der Waals surface area contributed by atoms with Crippen LogP contribution in [0.25, 0.3) is 0 Å². The number of rotatable bonds is 5. The summed E-state index contributed by atoms with van der Waals surface area (Å²) in [6.45, 7) is 2.09. The van der Waals surface area contributed by atoms with Gasteiger partial charge in [-0.1, -0.05) is 18.2 Å². The number of hydrogen-bond acceptors (Lipinski definition) is 4. The Morgan fingerprint density at radius 2 is 2.17 bits per heavy atom. The number of aromatic hydroxyl groups is 1. The second kappa shape index (κ2) is 5.69. The standard InChI is InChI=1S/C14H18N2O2/c1-10(15-2)7-12-9-16-14(18-12)8-11-5-3-4-6-13(11)17/h3-6,9-10,15,17H,7-8H2,1-2H3. The van der Waals surface area contributed by atoms with Crippen molar-refractivity contribution in [1.82, 2.24) is 10.3 Å². The van der Waals surface area contributed by atoms with Gasteiger partial charge in [-0.3, -0.25) is 0 Å². The number of oxazole rings is 1. The molecule has 0 aliphatic carbocycles. The summed E-state index contributed by atoms with van der Waals surface area (Å²) in [5, 5.41) is 12.8. The molecule has 0 saturated carbocycles. The normalized spacial score (nSPS) is 12.6. The van der Waals surface area contributed by atoms with E-state index in [0.717, 1.165) is 17.7 Å². The first-order chi connectivity index (χ1) is 8.69. The first-order valence-corrected chi connectivity index (χ1v) is 6.06. The largest absolute Gasteiger partial charge is 0.508 e. The van der Waals surface area contributed by atoms with Gasteiger partial charge in [0.25, 0.3) is 0 Å². The Morgan fingerprint density at radius 1 is 1.39 bits per heavy atom. The van der Waals surface area contributed by atoms with E-state index in [4.69, 9.17) is 4.42 Å². The van der Waals surface area contributed by atoms with Gasteiger partial charge in [-0.05, 0) is 20.0 Å². The number of hydrogen-bond donors (Lipinski definition) is 2. The number of phenols is 1. The Bertz CT molecular complexity index is 508. The minimum absolute atomic E-state index is 0.279. The molecule has 1 heterocycles. The van der Waals surface area contributed by atoms with Gasteiger partial charge in [-0.15, -0.1) is 0 Å². The summed E-state index contributed by atoms with van der Waals surface area (Å²) in [5.74, 6) is 1.78. The molecule has 0 fully saturated rings. The third kappa shape index (κ3) is 3.11. The molecule has 0 aliphatic rings. The van der Waals surface area contributed by atoms with Crippen LogP contribution in [0.5, 0.6) is 5.75 Å². The number of likely N-dealkylation sites (N-methyl/N-ethyl adjacent to an activating group) is 1. The van der Waals surface area contributed by atoms with E-state index in [1.54, 1.807) is 18.3 Å². The van der Waals surface area contributed by atoms with Gasteiger partial charge in [0.15, 0.2) is 5.89 Å². The fourth-order valence-corrected chi connectivity index (χ4v) is 1.75. The molecule has 2 aromatic rings. The Labute approximate surface area is 107 Å². The molecule has 1 unspecified atom stereocenters. The predicted molar refractivity (Wildman–Crippen MR) is 69.6 cm³/mol. The molecular weight excluding hydrogens is 228 g/mol. The second-order valence-electron chi connectivity index (χ2n) is 4.42. The van der Waals surface area contributed by atoms with Crippen LogP contribution in [0.2, 0.25) is 0 Å². The summed E-state index contributed by atoms with van der Waals surface area (Å²) >= 11 is 0. The topological polar surface area (TPSA) is 58.3 Å². The van der Waals surface area contributed by atoms with Gasteiger partial charge in [0.2, 0.25) is 0 Å². The molecule has 96 valence electrons. The maximum absolute atomic E-state index is 9.68. The summed E-state index contributed by atoms with van der Waals surface area (Å²) in [7, 11) is 1.92. The molecular formula is C14H18N2O2. The van der Waals surface area contributed by atoms with Gasteiger partial charge in [0, 0.05) is 18.0 Å². The summed E-state index contributed by atoms with van der Waals surface area (Å²) in [6.07, 6.45) is 3.08. The van der Waals surface area contributed by atoms with Crippen LogP contribution in [-0.4, -0.2) is 23.2 Å². The molecule has 4 nitrogen and oxygen atoms in total. The maximum Gasteiger partial charge on any atom is 0.198 e. The van der Waals surface area contributed by atoms with Crippen molar-refractivity contribution in [1.29, 1.82) is 0 Å². The van der Waals surface area contributed by atoms with Gasteiger partial charge in [0.05, 0.1) is 12.6 Å². The van der Waals surface area contributed by atoms with Crippen molar-refractivity contribution in [3.8, 4) is 5.75 Å². The van der Waals surface area contributed by atoms with Crippen molar-refractivity contribution in [3.05, 3.63) is 47.7 Å². The molecule has 18 heavy (non-hydrogen) atoms. The zero-order valence-corrected chi connectivity index (χ0v) is 10.7. The van der Waals surface area contributed by atoms with Crippen LogP contribution < -0.4 is 5.32 Å². The molecule has 2 rings (SSSR count). The fraction of sp³-hybridized carbons (Fsp3) is 0.357. The lowest BCUT2D eigenvalue weighted by molar-refractivity contribution is 0.433. The van der Waals surface area contributed by atoms with E-state index >= 15 is 0 Å². The van der Waals surface area contributed by atoms with Crippen LogP contribution in [0, 0.1) is 0 Å². The molecule has 2 N–H and O–H groups in total. The molecule has 1 atom stereocenters. The third-order valence-electron chi connectivity index (χ3n) is 2.93. The monoisotopic (exact) mass is 246 g/mol. The first kappa shape index (κ1) is 12.6. The highest BCUT2D eigenvalue weighted by atomic mass is 16.4. The maximum atomic E-state index is 9.68. The van der Waals surface area contributed by atoms with E-state index in [9.17, 15) is 5.11 Å². The molecule has 0 aliphatic heterocycles. The predicted octanol–water partition coefficient (Wildman–Crippen LogP) is 2.12. The van der Waals surface area contributed by atoms with Crippen molar-refractivity contribution in [3.63, 3.8) is 0 Å². The van der Waals surface area contributed by atoms with E-state index < -0.39 is 0 Å². The Balaban J connectivity index is 2.05. The van der Waals surface area contributed by atoms with Gasteiger partial charge < -0.3 is 14.8 Å². The van der Waals surface area contributed by atoms with Gasteiger partial charge in [0.1, 0.15) is 11.5 Å². The minimum Gasteiger partial charge on any atom is -0.508 e. The molecule has 4 heteroatoms. The third-order valence-corrected chi connectivity index (χ3v) is 2.93. The zero-order valence-electron chi connectivity index (χ0n) is 10.7. The van der Waals surface area contributed by atoms with E-state index in [1.165, 1.54) is 0 Å². The number of para-hydroxylation sites is 1. The number of nitrogens with zero attached hydrogens (tertiary/aromatic N) is 1. The molecule has 0 amide bonds. The summed E-state index contributed by atoms with van der Waals surface area (Å²) in [4.78, 5) is 4.23. The van der Waals surface area contributed by atoms with E-state index in [2.05, 4.69) is 17.2 Å². The lowest BCUT2D eigenvalue weighted by Crippen LogP contribution is -2.23. The van der Waals surface area contributed by atoms with Gasteiger partial charge in [-0.2, -0.15) is 0 Å². The van der Waals surface area contributed by atoms with E-state index in [0.29, 0.717) is 18.4 Å². The van der Waals surface area contributed by atoms with Crippen molar-refractivity contribution in [2.75, 3.05) is 7.05 Å². The summed E-state index contributed by atoms with van der Waals surface area (Å²) in [5.41, 5.74) is 0.826. The second-order valence-corrected chi connectivity index (χ2v) is 4.42. The lowest BCUT2D eigenvalue weighted by atomic mass is 10.1. The van der Waals surface area contributed by atoms with Crippen molar-refractivity contribution in [2.24, 2.45) is 0 Å². The van der Waals surface area contributed by atoms with Crippen LogP contribution in [0.4, 0.5) is 0 Å². The number of aromatic nitrogens is 1. The first-order valence-electron chi connectivity index (χ1n) is 6.06. The Hall–Kier alpha value is -1.81.